The number of nitrogens with zero attached hydrogens (tertiary/aromatic N) is 2. The Labute approximate surface area is 253 Å². The molecule has 0 radical (unpaired) electrons. The standard InChI is InChI=1S/C34H36FN3O4S/c1-4-36-34(40)32(22-27-11-6-5-7-12-27)37(23-28-13-9-8-10-26(28)3)33(39)24-38(30-18-16-29(35)17-19-30)43(41,42)31-20-14-25(2)15-21-31/h5-21,32H,4,22-24H2,1-3H3,(H,36,40)/t32-/m1/s1. The van der Waals surface area contributed by atoms with E-state index in [0.717, 1.165) is 38.7 Å². The second-order valence-electron chi connectivity index (χ2n) is 10.3. The third-order valence-corrected chi connectivity index (χ3v) is 9.01. The first-order valence-electron chi connectivity index (χ1n) is 14.1. The topological polar surface area (TPSA) is 86.8 Å². The van der Waals surface area contributed by atoms with Gasteiger partial charge >= 0.3 is 0 Å². The van der Waals surface area contributed by atoms with Crippen molar-refractivity contribution >= 4 is 27.5 Å². The van der Waals surface area contributed by atoms with Crippen LogP contribution in [0.2, 0.25) is 0 Å². The van der Waals surface area contributed by atoms with E-state index in [0.29, 0.717) is 6.54 Å². The van der Waals surface area contributed by atoms with Crippen LogP contribution in [-0.4, -0.2) is 44.3 Å². The minimum Gasteiger partial charge on any atom is -0.355 e. The number of likely N-dealkylation sites (N-methyl/N-ethyl adjacent to an activating group) is 1. The molecule has 4 rings (SSSR count). The zero-order valence-electron chi connectivity index (χ0n) is 24.5. The summed E-state index contributed by atoms with van der Waals surface area (Å²) in [4.78, 5) is 29.3. The van der Waals surface area contributed by atoms with Crippen molar-refractivity contribution in [3.8, 4) is 0 Å². The van der Waals surface area contributed by atoms with Gasteiger partial charge in [0.2, 0.25) is 11.8 Å². The lowest BCUT2D eigenvalue weighted by Gasteiger charge is -2.34. The van der Waals surface area contributed by atoms with Gasteiger partial charge in [0.05, 0.1) is 10.6 Å². The number of benzene rings is 4. The van der Waals surface area contributed by atoms with Crippen LogP contribution in [-0.2, 0) is 32.6 Å². The molecule has 2 amide bonds. The average Bonchev–Trinajstić information content (AvgIpc) is 3.00. The molecular formula is C34H36FN3O4S. The van der Waals surface area contributed by atoms with Crippen LogP contribution in [0.15, 0.2) is 108 Å². The highest BCUT2D eigenvalue weighted by Crippen LogP contribution is 2.26. The van der Waals surface area contributed by atoms with Gasteiger partial charge in [-0.2, -0.15) is 0 Å². The number of sulfonamides is 1. The predicted molar refractivity (Wildman–Crippen MR) is 166 cm³/mol. The lowest BCUT2D eigenvalue weighted by Crippen LogP contribution is -2.53. The van der Waals surface area contributed by atoms with Crippen molar-refractivity contribution in [1.82, 2.24) is 10.2 Å². The molecule has 0 heterocycles. The summed E-state index contributed by atoms with van der Waals surface area (Å²) in [5.41, 5.74) is 3.61. The molecule has 0 saturated carbocycles. The number of carbonyl (C=O) groups is 2. The number of aryl methyl sites for hydroxylation is 2. The Bertz CT molecular complexity index is 1640. The summed E-state index contributed by atoms with van der Waals surface area (Å²) in [6.07, 6.45) is 0.228. The highest BCUT2D eigenvalue weighted by molar-refractivity contribution is 7.92. The number of nitrogens with one attached hydrogen (secondary N) is 1. The Hall–Kier alpha value is -4.50. The summed E-state index contributed by atoms with van der Waals surface area (Å²) in [7, 11) is -4.25. The summed E-state index contributed by atoms with van der Waals surface area (Å²) in [6, 6.07) is 27.2. The van der Waals surface area contributed by atoms with E-state index in [1.807, 2.05) is 68.4 Å². The highest BCUT2D eigenvalue weighted by Gasteiger charge is 2.34. The van der Waals surface area contributed by atoms with Crippen molar-refractivity contribution in [2.24, 2.45) is 0 Å². The fourth-order valence-corrected chi connectivity index (χ4v) is 6.20. The maximum absolute atomic E-state index is 14.3. The Morgan fingerprint density at radius 1 is 0.837 bits per heavy atom. The van der Waals surface area contributed by atoms with Gasteiger partial charge in [-0.25, -0.2) is 12.8 Å². The first-order chi connectivity index (χ1) is 20.6. The summed E-state index contributed by atoms with van der Waals surface area (Å²) < 4.78 is 42.8. The van der Waals surface area contributed by atoms with Crippen LogP contribution < -0.4 is 9.62 Å². The molecule has 4 aromatic rings. The van der Waals surface area contributed by atoms with Crippen LogP contribution in [0.4, 0.5) is 10.1 Å². The molecule has 4 aromatic carbocycles. The van der Waals surface area contributed by atoms with E-state index in [4.69, 9.17) is 0 Å². The molecule has 0 saturated heterocycles. The SMILES string of the molecule is CCNC(=O)[C@@H](Cc1ccccc1)N(Cc1ccccc1C)C(=O)CN(c1ccc(F)cc1)S(=O)(=O)c1ccc(C)cc1. The van der Waals surface area contributed by atoms with E-state index in [-0.39, 0.29) is 29.5 Å². The van der Waals surface area contributed by atoms with Crippen molar-refractivity contribution in [2.75, 3.05) is 17.4 Å². The molecule has 1 atom stereocenters. The Balaban J connectivity index is 1.80. The van der Waals surface area contributed by atoms with Crippen molar-refractivity contribution in [3.05, 3.63) is 131 Å². The smallest absolute Gasteiger partial charge is 0.264 e. The van der Waals surface area contributed by atoms with Crippen LogP contribution in [0.25, 0.3) is 0 Å². The average molecular weight is 602 g/mol. The molecule has 9 heteroatoms. The molecule has 0 fully saturated rings. The zero-order valence-corrected chi connectivity index (χ0v) is 25.4. The van der Waals surface area contributed by atoms with Crippen molar-refractivity contribution in [3.63, 3.8) is 0 Å². The molecule has 0 bridgehead atoms. The summed E-state index contributed by atoms with van der Waals surface area (Å²) in [5.74, 6) is -1.46. The normalized spacial score (nSPS) is 11.9. The monoisotopic (exact) mass is 601 g/mol. The van der Waals surface area contributed by atoms with Crippen LogP contribution in [0.5, 0.6) is 0 Å². The van der Waals surface area contributed by atoms with Crippen molar-refractivity contribution in [1.29, 1.82) is 0 Å². The number of hydrogen-bond acceptors (Lipinski definition) is 4. The number of rotatable bonds is 12. The number of anilines is 1. The molecule has 1 N–H and O–H groups in total. The molecule has 43 heavy (non-hydrogen) atoms. The molecule has 0 aliphatic carbocycles. The second kappa shape index (κ2) is 14.1. The Morgan fingerprint density at radius 2 is 1.47 bits per heavy atom. The third kappa shape index (κ3) is 7.87. The lowest BCUT2D eigenvalue weighted by molar-refractivity contribution is -0.140. The number of halogens is 1. The third-order valence-electron chi connectivity index (χ3n) is 7.23. The van der Waals surface area contributed by atoms with Gasteiger partial charge in [-0.3, -0.25) is 13.9 Å². The largest absolute Gasteiger partial charge is 0.355 e. The highest BCUT2D eigenvalue weighted by atomic mass is 32.2. The van der Waals surface area contributed by atoms with E-state index in [2.05, 4.69) is 5.32 Å². The van der Waals surface area contributed by atoms with Crippen LogP contribution in [0.1, 0.15) is 29.2 Å². The quantitative estimate of drug-likeness (QED) is 0.235. The van der Waals surface area contributed by atoms with Gasteiger partial charge in [-0.05, 0) is 73.9 Å². The summed E-state index contributed by atoms with van der Waals surface area (Å²) >= 11 is 0. The Morgan fingerprint density at radius 3 is 2.09 bits per heavy atom. The van der Waals surface area contributed by atoms with E-state index in [1.165, 1.54) is 29.2 Å². The van der Waals surface area contributed by atoms with Gasteiger partial charge in [-0.15, -0.1) is 0 Å². The minimum absolute atomic E-state index is 0.00904. The van der Waals surface area contributed by atoms with E-state index >= 15 is 0 Å². The van der Waals surface area contributed by atoms with Gasteiger partial charge in [0.25, 0.3) is 10.0 Å². The minimum atomic E-state index is -4.25. The van der Waals surface area contributed by atoms with Gasteiger partial charge in [0, 0.05) is 19.5 Å². The van der Waals surface area contributed by atoms with Crippen molar-refractivity contribution < 1.29 is 22.4 Å². The first kappa shape index (κ1) is 31.4. The van der Waals surface area contributed by atoms with E-state index in [9.17, 15) is 22.4 Å². The van der Waals surface area contributed by atoms with Crippen LogP contribution in [0.3, 0.4) is 0 Å². The van der Waals surface area contributed by atoms with Crippen LogP contribution >= 0.6 is 0 Å². The maximum atomic E-state index is 14.3. The van der Waals surface area contributed by atoms with Gasteiger partial charge in [0.15, 0.2) is 0 Å². The first-order valence-corrected chi connectivity index (χ1v) is 15.5. The van der Waals surface area contributed by atoms with E-state index < -0.39 is 34.3 Å². The van der Waals surface area contributed by atoms with Crippen molar-refractivity contribution in [2.45, 2.75) is 44.7 Å². The predicted octanol–water partition coefficient (Wildman–Crippen LogP) is 5.41. The van der Waals surface area contributed by atoms with Gasteiger partial charge in [0.1, 0.15) is 18.4 Å². The Kier molecular flexibility index (Phi) is 10.3. The number of carbonyl (C=O) groups excluding carboxylic acids is 2. The second-order valence-corrected chi connectivity index (χ2v) is 12.2. The molecule has 0 spiro atoms. The molecule has 0 aliphatic heterocycles. The maximum Gasteiger partial charge on any atom is 0.264 e. The molecular weight excluding hydrogens is 565 g/mol. The summed E-state index contributed by atoms with van der Waals surface area (Å²) in [5, 5.41) is 2.85. The molecule has 0 aliphatic rings. The summed E-state index contributed by atoms with van der Waals surface area (Å²) in [6.45, 7) is 5.41. The number of hydrogen-bond donors (Lipinski definition) is 1. The number of amides is 2. The van der Waals surface area contributed by atoms with Gasteiger partial charge < -0.3 is 10.2 Å². The molecule has 224 valence electrons. The van der Waals surface area contributed by atoms with E-state index in [1.54, 1.807) is 19.1 Å². The zero-order chi connectivity index (χ0) is 31.0. The fraction of sp³-hybridized carbons (Fsp3) is 0.235. The van der Waals surface area contributed by atoms with Gasteiger partial charge in [-0.1, -0.05) is 72.3 Å². The van der Waals surface area contributed by atoms with Crippen LogP contribution in [0, 0.1) is 19.7 Å². The molecule has 0 aromatic heterocycles. The lowest BCUT2D eigenvalue weighted by atomic mass is 10.0. The molecule has 7 nitrogen and oxygen atoms in total. The fourth-order valence-electron chi connectivity index (χ4n) is 4.79. The molecule has 0 unspecified atom stereocenters.